The van der Waals surface area contributed by atoms with Gasteiger partial charge in [-0.15, -0.1) is 0 Å². The zero-order valence-corrected chi connectivity index (χ0v) is 10.2. The molecule has 7 heteroatoms. The fourth-order valence-corrected chi connectivity index (χ4v) is 1.04. The van der Waals surface area contributed by atoms with E-state index in [0.29, 0.717) is 24.9 Å². The average Bonchev–Trinajstić information content (AvgIpc) is 2.34. The lowest BCUT2D eigenvalue weighted by Gasteiger charge is -2.12. The maximum Gasteiger partial charge on any atom is 0.316 e. The van der Waals surface area contributed by atoms with Gasteiger partial charge in [0.05, 0.1) is 7.11 Å². The number of methoxy groups -OCH3 is 1. The van der Waals surface area contributed by atoms with Crippen LogP contribution >= 0.6 is 0 Å². The third-order valence-electron chi connectivity index (χ3n) is 1.93. The maximum absolute atomic E-state index is 11.2. The predicted molar refractivity (Wildman–Crippen MR) is 64.2 cm³/mol. The van der Waals surface area contributed by atoms with Gasteiger partial charge >= 0.3 is 6.03 Å². The van der Waals surface area contributed by atoms with Crippen molar-refractivity contribution in [1.29, 1.82) is 0 Å². The van der Waals surface area contributed by atoms with Crippen molar-refractivity contribution in [2.45, 2.75) is 0 Å². The second-order valence-corrected chi connectivity index (χ2v) is 3.48. The minimum absolute atomic E-state index is 0.127. The number of anilines is 1. The molecule has 0 spiro atoms. The van der Waals surface area contributed by atoms with E-state index in [0.717, 1.165) is 0 Å². The highest BCUT2D eigenvalue weighted by Gasteiger charge is 2.01. The molecule has 0 atom stereocenters. The first-order valence-electron chi connectivity index (χ1n) is 5.19. The highest BCUT2D eigenvalue weighted by atomic mass is 16.5. The van der Waals surface area contributed by atoms with Crippen molar-refractivity contribution in [2.75, 3.05) is 39.6 Å². The lowest BCUT2D eigenvalue weighted by molar-refractivity contribution is 0.218. The van der Waals surface area contributed by atoms with Crippen LogP contribution < -0.4 is 15.4 Å². The van der Waals surface area contributed by atoms with Gasteiger partial charge in [0.1, 0.15) is 0 Å². The zero-order chi connectivity index (χ0) is 12.7. The molecule has 1 aromatic rings. The number of carbonyl (C=O) groups excluding carboxylic acids is 1. The molecule has 17 heavy (non-hydrogen) atoms. The van der Waals surface area contributed by atoms with Crippen LogP contribution in [0.3, 0.4) is 0 Å². The van der Waals surface area contributed by atoms with Crippen molar-refractivity contribution in [3.63, 3.8) is 0 Å². The summed E-state index contributed by atoms with van der Waals surface area (Å²) in [5.74, 6) is 0.975. The van der Waals surface area contributed by atoms with Gasteiger partial charge in [0.15, 0.2) is 0 Å². The average molecular weight is 239 g/mol. The summed E-state index contributed by atoms with van der Waals surface area (Å²) in [5.41, 5.74) is 0. The minimum Gasteiger partial charge on any atom is -0.481 e. The Kier molecular flexibility index (Phi) is 4.99. The number of carbonyl (C=O) groups is 1. The Hall–Kier alpha value is -2.05. The van der Waals surface area contributed by atoms with E-state index in [-0.39, 0.29) is 6.03 Å². The van der Waals surface area contributed by atoms with E-state index in [2.05, 4.69) is 20.6 Å². The number of urea groups is 1. The van der Waals surface area contributed by atoms with Gasteiger partial charge < -0.3 is 20.3 Å². The molecule has 0 saturated carbocycles. The van der Waals surface area contributed by atoms with Crippen LogP contribution in [-0.4, -0.2) is 55.2 Å². The number of amides is 2. The molecule has 0 unspecified atom stereocenters. The van der Waals surface area contributed by atoms with Gasteiger partial charge in [0, 0.05) is 39.4 Å². The molecule has 2 N–H and O–H groups in total. The SMILES string of the molecule is COc1ccnc(NCCNC(=O)N(C)C)n1. The van der Waals surface area contributed by atoms with Gasteiger partial charge in [-0.25, -0.2) is 9.78 Å². The lowest BCUT2D eigenvalue weighted by atomic mass is 10.6. The monoisotopic (exact) mass is 239 g/mol. The number of hydrogen-bond donors (Lipinski definition) is 2. The third kappa shape index (κ3) is 4.54. The Morgan fingerprint density at radius 3 is 2.88 bits per heavy atom. The van der Waals surface area contributed by atoms with E-state index in [9.17, 15) is 4.79 Å². The first kappa shape index (κ1) is 13.0. The summed E-state index contributed by atoms with van der Waals surface area (Å²) >= 11 is 0. The largest absolute Gasteiger partial charge is 0.481 e. The molecule has 1 rings (SSSR count). The number of aromatic nitrogens is 2. The normalized spacial score (nSPS) is 9.59. The number of nitrogens with one attached hydrogen (secondary N) is 2. The summed E-state index contributed by atoms with van der Waals surface area (Å²) in [6.07, 6.45) is 1.60. The standard InChI is InChI=1S/C10H17N5O2/c1-15(2)10(16)13-7-6-12-9-11-5-4-8(14-9)17-3/h4-5H,6-7H2,1-3H3,(H,13,16)(H,11,12,14). The number of hydrogen-bond acceptors (Lipinski definition) is 5. The van der Waals surface area contributed by atoms with Crippen LogP contribution in [0.1, 0.15) is 0 Å². The molecule has 1 heterocycles. The zero-order valence-electron chi connectivity index (χ0n) is 10.2. The molecule has 94 valence electrons. The lowest BCUT2D eigenvalue weighted by Crippen LogP contribution is -2.37. The molecule has 0 aliphatic carbocycles. The summed E-state index contributed by atoms with van der Waals surface area (Å²) in [5, 5.41) is 5.70. The second-order valence-electron chi connectivity index (χ2n) is 3.48. The van der Waals surface area contributed by atoms with Crippen LogP contribution in [0.15, 0.2) is 12.3 Å². The van der Waals surface area contributed by atoms with Gasteiger partial charge in [-0.1, -0.05) is 0 Å². The summed E-state index contributed by atoms with van der Waals surface area (Å²) in [6, 6.07) is 1.54. The van der Waals surface area contributed by atoms with Crippen LogP contribution in [0.2, 0.25) is 0 Å². The van der Waals surface area contributed by atoms with Crippen LogP contribution in [0, 0.1) is 0 Å². The molecule has 0 radical (unpaired) electrons. The fraction of sp³-hybridized carbons (Fsp3) is 0.500. The highest BCUT2D eigenvalue weighted by molar-refractivity contribution is 5.73. The van der Waals surface area contributed by atoms with Crippen LogP contribution in [0.25, 0.3) is 0 Å². The molecule has 0 saturated heterocycles. The summed E-state index contributed by atoms with van der Waals surface area (Å²) < 4.78 is 4.96. The first-order valence-corrected chi connectivity index (χ1v) is 5.19. The fourth-order valence-electron chi connectivity index (χ4n) is 1.04. The Morgan fingerprint density at radius 1 is 1.47 bits per heavy atom. The predicted octanol–water partition coefficient (Wildman–Crippen LogP) is 0.168. The van der Waals surface area contributed by atoms with Gasteiger partial charge in [0.2, 0.25) is 11.8 Å². The number of rotatable bonds is 5. The Bertz CT molecular complexity index is 369. The second kappa shape index (κ2) is 6.51. The van der Waals surface area contributed by atoms with Crippen molar-refractivity contribution in [3.05, 3.63) is 12.3 Å². The Morgan fingerprint density at radius 2 is 2.24 bits per heavy atom. The molecule has 0 bridgehead atoms. The summed E-state index contributed by atoms with van der Waals surface area (Å²) in [6.45, 7) is 1.05. The third-order valence-corrected chi connectivity index (χ3v) is 1.93. The van der Waals surface area contributed by atoms with E-state index in [4.69, 9.17) is 4.74 Å². The van der Waals surface area contributed by atoms with E-state index < -0.39 is 0 Å². The Labute approximate surface area is 100 Å². The van der Waals surface area contributed by atoms with Crippen LogP contribution in [-0.2, 0) is 0 Å². The minimum atomic E-state index is -0.127. The van der Waals surface area contributed by atoms with Gasteiger partial charge in [-0.2, -0.15) is 4.98 Å². The number of ether oxygens (including phenoxy) is 1. The molecule has 7 nitrogen and oxygen atoms in total. The van der Waals surface area contributed by atoms with Crippen molar-refractivity contribution in [3.8, 4) is 5.88 Å². The molecule has 2 amide bonds. The van der Waals surface area contributed by atoms with E-state index in [1.807, 2.05) is 0 Å². The van der Waals surface area contributed by atoms with Gasteiger partial charge in [-0.3, -0.25) is 0 Å². The van der Waals surface area contributed by atoms with Crippen LogP contribution in [0.5, 0.6) is 5.88 Å². The maximum atomic E-state index is 11.2. The van der Waals surface area contributed by atoms with E-state index >= 15 is 0 Å². The van der Waals surface area contributed by atoms with Crippen molar-refractivity contribution in [2.24, 2.45) is 0 Å². The number of nitrogens with zero attached hydrogens (tertiary/aromatic N) is 3. The molecule has 1 aromatic heterocycles. The first-order chi connectivity index (χ1) is 8.13. The highest BCUT2D eigenvalue weighted by Crippen LogP contribution is 2.06. The smallest absolute Gasteiger partial charge is 0.316 e. The summed E-state index contributed by atoms with van der Waals surface area (Å²) in [4.78, 5) is 20.8. The molecular formula is C10H17N5O2. The van der Waals surface area contributed by atoms with Crippen molar-refractivity contribution in [1.82, 2.24) is 20.2 Å². The molecule has 0 aromatic carbocycles. The van der Waals surface area contributed by atoms with E-state index in [1.165, 1.54) is 4.90 Å². The quantitative estimate of drug-likeness (QED) is 0.716. The van der Waals surface area contributed by atoms with Gasteiger partial charge in [-0.05, 0) is 0 Å². The van der Waals surface area contributed by atoms with E-state index in [1.54, 1.807) is 33.5 Å². The Balaban J connectivity index is 2.28. The van der Waals surface area contributed by atoms with Crippen molar-refractivity contribution < 1.29 is 9.53 Å². The van der Waals surface area contributed by atoms with Gasteiger partial charge in [0.25, 0.3) is 0 Å². The summed E-state index contributed by atoms with van der Waals surface area (Å²) in [7, 11) is 4.92. The topological polar surface area (TPSA) is 79.4 Å². The molecule has 0 aliphatic rings. The molecular weight excluding hydrogens is 222 g/mol. The van der Waals surface area contributed by atoms with Crippen molar-refractivity contribution >= 4 is 12.0 Å². The molecule has 0 fully saturated rings. The van der Waals surface area contributed by atoms with Crippen LogP contribution in [0.4, 0.5) is 10.7 Å². The molecule has 0 aliphatic heterocycles.